The molecular formula is C17H16O4. The van der Waals surface area contributed by atoms with Gasteiger partial charge in [-0.1, -0.05) is 42.5 Å². The highest BCUT2D eigenvalue weighted by Gasteiger charge is 2.09. The summed E-state index contributed by atoms with van der Waals surface area (Å²) in [7, 11) is 1.32. The number of methoxy groups -OCH3 is 1. The smallest absolute Gasteiger partial charge is 0.337 e. The Morgan fingerprint density at radius 3 is 2.14 bits per heavy atom. The number of esters is 1. The zero-order chi connectivity index (χ0) is 15.1. The highest BCUT2D eigenvalue weighted by molar-refractivity contribution is 5.98. The average Bonchev–Trinajstić information content (AvgIpc) is 2.55. The second-order valence-electron chi connectivity index (χ2n) is 4.47. The fourth-order valence-corrected chi connectivity index (χ4v) is 1.83. The van der Waals surface area contributed by atoms with Gasteiger partial charge in [-0.15, -0.1) is 0 Å². The second-order valence-corrected chi connectivity index (χ2v) is 4.47. The summed E-state index contributed by atoms with van der Waals surface area (Å²) in [6.45, 7) is 0.402. The quantitative estimate of drug-likeness (QED) is 0.604. The molecule has 0 amide bonds. The van der Waals surface area contributed by atoms with Crippen LogP contribution in [0.15, 0.2) is 54.6 Å². The SMILES string of the molecule is COC(=O)c1ccc(C(=O)COCc2ccccc2)cc1. The van der Waals surface area contributed by atoms with Crippen molar-refractivity contribution < 1.29 is 19.1 Å². The molecule has 21 heavy (non-hydrogen) atoms. The van der Waals surface area contributed by atoms with Gasteiger partial charge in [0.05, 0.1) is 19.3 Å². The molecule has 0 heterocycles. The van der Waals surface area contributed by atoms with Crippen LogP contribution in [0, 0.1) is 0 Å². The van der Waals surface area contributed by atoms with Crippen molar-refractivity contribution in [2.75, 3.05) is 13.7 Å². The third kappa shape index (κ3) is 4.26. The number of hydrogen-bond donors (Lipinski definition) is 0. The van der Waals surface area contributed by atoms with E-state index in [1.54, 1.807) is 24.3 Å². The van der Waals surface area contributed by atoms with Crippen LogP contribution in [0.4, 0.5) is 0 Å². The molecule has 0 unspecified atom stereocenters. The average molecular weight is 284 g/mol. The van der Waals surface area contributed by atoms with Gasteiger partial charge in [-0.2, -0.15) is 0 Å². The Balaban J connectivity index is 1.87. The number of carbonyl (C=O) groups excluding carboxylic acids is 2. The molecule has 0 saturated heterocycles. The van der Waals surface area contributed by atoms with E-state index in [0.717, 1.165) is 5.56 Å². The monoisotopic (exact) mass is 284 g/mol. The van der Waals surface area contributed by atoms with Crippen LogP contribution < -0.4 is 0 Å². The first-order chi connectivity index (χ1) is 10.2. The molecule has 2 rings (SSSR count). The summed E-state index contributed by atoms with van der Waals surface area (Å²) in [4.78, 5) is 23.2. The molecule has 0 fully saturated rings. The molecule has 0 saturated carbocycles. The highest BCUT2D eigenvalue weighted by Crippen LogP contribution is 2.08. The number of benzene rings is 2. The van der Waals surface area contributed by atoms with Gasteiger partial charge in [0.2, 0.25) is 0 Å². The summed E-state index contributed by atoms with van der Waals surface area (Å²) in [5, 5.41) is 0. The maximum absolute atomic E-state index is 11.9. The van der Waals surface area contributed by atoms with E-state index in [4.69, 9.17) is 4.74 Å². The van der Waals surface area contributed by atoms with Crippen LogP contribution in [0.2, 0.25) is 0 Å². The largest absolute Gasteiger partial charge is 0.465 e. The van der Waals surface area contributed by atoms with Crippen LogP contribution in [-0.2, 0) is 16.1 Å². The van der Waals surface area contributed by atoms with Crippen molar-refractivity contribution in [3.05, 3.63) is 71.3 Å². The van der Waals surface area contributed by atoms with Gasteiger partial charge in [0.1, 0.15) is 6.61 Å². The second kappa shape index (κ2) is 7.36. The Morgan fingerprint density at radius 2 is 1.52 bits per heavy atom. The van der Waals surface area contributed by atoms with Crippen molar-refractivity contribution in [2.45, 2.75) is 6.61 Å². The van der Waals surface area contributed by atoms with Crippen molar-refractivity contribution in [3.8, 4) is 0 Å². The molecule has 0 aliphatic heterocycles. The lowest BCUT2D eigenvalue weighted by Gasteiger charge is -2.05. The molecule has 4 heteroatoms. The molecule has 108 valence electrons. The molecule has 0 aliphatic rings. The Morgan fingerprint density at radius 1 is 0.905 bits per heavy atom. The molecule has 4 nitrogen and oxygen atoms in total. The van der Waals surface area contributed by atoms with Crippen molar-refractivity contribution in [2.24, 2.45) is 0 Å². The predicted molar refractivity (Wildman–Crippen MR) is 78.2 cm³/mol. The van der Waals surface area contributed by atoms with Gasteiger partial charge in [-0.05, 0) is 17.7 Å². The number of carbonyl (C=O) groups is 2. The van der Waals surface area contributed by atoms with Crippen molar-refractivity contribution in [3.63, 3.8) is 0 Å². The summed E-state index contributed by atoms with van der Waals surface area (Å²) in [6.07, 6.45) is 0. The lowest BCUT2D eigenvalue weighted by Crippen LogP contribution is -2.09. The molecular weight excluding hydrogens is 268 g/mol. The minimum Gasteiger partial charge on any atom is -0.465 e. The lowest BCUT2D eigenvalue weighted by molar-refractivity contribution is 0.0600. The third-order valence-electron chi connectivity index (χ3n) is 2.97. The number of ether oxygens (including phenoxy) is 2. The van der Waals surface area contributed by atoms with Crippen LogP contribution in [0.25, 0.3) is 0 Å². The molecule has 0 aromatic heterocycles. The molecule has 0 N–H and O–H groups in total. The minimum atomic E-state index is -0.422. The Bertz CT molecular complexity index is 602. The molecule has 0 radical (unpaired) electrons. The summed E-state index contributed by atoms with van der Waals surface area (Å²) in [6, 6.07) is 16.0. The molecule has 0 bridgehead atoms. The van der Waals surface area contributed by atoms with Gasteiger partial charge < -0.3 is 9.47 Å². The van der Waals surface area contributed by atoms with E-state index in [2.05, 4.69) is 4.74 Å². The number of ketones is 1. The number of rotatable bonds is 6. The summed E-state index contributed by atoms with van der Waals surface area (Å²) < 4.78 is 10.00. The first kappa shape index (κ1) is 14.9. The normalized spacial score (nSPS) is 10.1. The van der Waals surface area contributed by atoms with Crippen molar-refractivity contribution >= 4 is 11.8 Å². The molecule has 0 spiro atoms. The summed E-state index contributed by atoms with van der Waals surface area (Å²) >= 11 is 0. The van der Waals surface area contributed by atoms with Gasteiger partial charge >= 0.3 is 5.97 Å². The topological polar surface area (TPSA) is 52.6 Å². The zero-order valence-corrected chi connectivity index (χ0v) is 11.7. The Hall–Kier alpha value is -2.46. The van der Waals surface area contributed by atoms with Crippen LogP contribution in [0.1, 0.15) is 26.3 Å². The predicted octanol–water partition coefficient (Wildman–Crippen LogP) is 2.87. The number of Topliss-reactive ketones (excluding diaryl/α,β-unsaturated/α-hetero) is 1. The minimum absolute atomic E-state index is 0.00641. The van der Waals surface area contributed by atoms with E-state index in [1.807, 2.05) is 30.3 Å². The van der Waals surface area contributed by atoms with Crippen LogP contribution in [0.3, 0.4) is 0 Å². The van der Waals surface area contributed by atoms with Gasteiger partial charge in [0, 0.05) is 5.56 Å². The lowest BCUT2D eigenvalue weighted by atomic mass is 10.1. The van der Waals surface area contributed by atoms with E-state index in [1.165, 1.54) is 7.11 Å². The van der Waals surface area contributed by atoms with Gasteiger partial charge in [0.25, 0.3) is 0 Å². The maximum atomic E-state index is 11.9. The summed E-state index contributed by atoms with van der Waals surface area (Å²) in [5.74, 6) is -0.545. The third-order valence-corrected chi connectivity index (χ3v) is 2.97. The highest BCUT2D eigenvalue weighted by atomic mass is 16.5. The maximum Gasteiger partial charge on any atom is 0.337 e. The molecule has 0 atom stereocenters. The van der Waals surface area contributed by atoms with E-state index >= 15 is 0 Å². The van der Waals surface area contributed by atoms with Crippen molar-refractivity contribution in [1.29, 1.82) is 0 Å². The Kier molecular flexibility index (Phi) is 5.23. The Labute approximate surface area is 123 Å². The first-order valence-electron chi connectivity index (χ1n) is 6.54. The van der Waals surface area contributed by atoms with Crippen LogP contribution >= 0.6 is 0 Å². The zero-order valence-electron chi connectivity index (χ0n) is 11.7. The standard InChI is InChI=1S/C17H16O4/c1-20-17(19)15-9-7-14(8-10-15)16(18)12-21-11-13-5-3-2-4-6-13/h2-10H,11-12H2,1H3. The van der Waals surface area contributed by atoms with Gasteiger partial charge in [-0.3, -0.25) is 4.79 Å². The van der Waals surface area contributed by atoms with E-state index < -0.39 is 5.97 Å². The molecule has 2 aromatic carbocycles. The first-order valence-corrected chi connectivity index (χ1v) is 6.54. The van der Waals surface area contributed by atoms with E-state index in [0.29, 0.717) is 17.7 Å². The van der Waals surface area contributed by atoms with E-state index in [9.17, 15) is 9.59 Å². The van der Waals surface area contributed by atoms with Gasteiger partial charge in [0.15, 0.2) is 5.78 Å². The fraction of sp³-hybridized carbons (Fsp3) is 0.176. The van der Waals surface area contributed by atoms with E-state index in [-0.39, 0.29) is 12.4 Å². The fourth-order valence-electron chi connectivity index (χ4n) is 1.83. The number of hydrogen-bond acceptors (Lipinski definition) is 4. The summed E-state index contributed by atoms with van der Waals surface area (Å²) in [5.41, 5.74) is 1.95. The molecule has 0 aliphatic carbocycles. The molecule has 2 aromatic rings. The van der Waals surface area contributed by atoms with Crippen LogP contribution in [-0.4, -0.2) is 25.5 Å². The van der Waals surface area contributed by atoms with Crippen molar-refractivity contribution in [1.82, 2.24) is 0 Å². The van der Waals surface area contributed by atoms with Gasteiger partial charge in [-0.25, -0.2) is 4.79 Å². The van der Waals surface area contributed by atoms with Crippen LogP contribution in [0.5, 0.6) is 0 Å².